The van der Waals surface area contributed by atoms with Gasteiger partial charge in [-0.15, -0.1) is 0 Å². The Balaban J connectivity index is 1.87. The van der Waals surface area contributed by atoms with Crippen molar-refractivity contribution in [3.05, 3.63) is 23.8 Å². The Morgan fingerprint density at radius 3 is 2.91 bits per heavy atom. The van der Waals surface area contributed by atoms with Gasteiger partial charge in [-0.25, -0.2) is 13.2 Å². The Morgan fingerprint density at radius 1 is 1.45 bits per heavy atom. The molecule has 3 atom stereocenters. The second-order valence-corrected chi connectivity index (χ2v) is 7.37. The summed E-state index contributed by atoms with van der Waals surface area (Å²) < 4.78 is 35.7. The van der Waals surface area contributed by atoms with Crippen molar-refractivity contribution < 1.29 is 27.8 Å². The summed E-state index contributed by atoms with van der Waals surface area (Å²) in [4.78, 5) is 11.2. The summed E-state index contributed by atoms with van der Waals surface area (Å²) in [6.45, 7) is 0. The fourth-order valence-corrected chi connectivity index (χ4v) is 3.60. The van der Waals surface area contributed by atoms with Crippen LogP contribution in [0.4, 0.5) is 0 Å². The van der Waals surface area contributed by atoms with Crippen LogP contribution in [-0.2, 0) is 14.8 Å². The number of carbonyl (C=O) groups is 1. The average molecular weight is 327 g/mol. The van der Waals surface area contributed by atoms with E-state index in [1.165, 1.54) is 0 Å². The van der Waals surface area contributed by atoms with E-state index in [0.29, 0.717) is 11.7 Å². The highest BCUT2D eigenvalue weighted by molar-refractivity contribution is 7.88. The van der Waals surface area contributed by atoms with Gasteiger partial charge in [-0.2, -0.15) is 4.72 Å². The second-order valence-electron chi connectivity index (χ2n) is 5.59. The van der Waals surface area contributed by atoms with Crippen LogP contribution in [0.5, 0.6) is 11.5 Å². The Kier molecular flexibility index (Phi) is 3.73. The van der Waals surface area contributed by atoms with E-state index in [9.17, 15) is 13.2 Å². The molecule has 1 aliphatic heterocycles. The van der Waals surface area contributed by atoms with Gasteiger partial charge < -0.3 is 14.6 Å². The van der Waals surface area contributed by atoms with Gasteiger partial charge in [0, 0.05) is 11.5 Å². The van der Waals surface area contributed by atoms with Crippen LogP contribution < -0.4 is 14.2 Å². The number of para-hydroxylation sites is 1. The van der Waals surface area contributed by atoms with E-state index in [1.807, 2.05) is 10.8 Å². The number of carboxylic acid groups (broad SMARTS) is 1. The number of ether oxygens (including phenoxy) is 2. The van der Waals surface area contributed by atoms with E-state index in [4.69, 9.17) is 14.6 Å². The van der Waals surface area contributed by atoms with E-state index in [-0.39, 0.29) is 11.9 Å². The molecule has 3 unspecified atom stereocenters. The van der Waals surface area contributed by atoms with Crippen LogP contribution in [0.2, 0.25) is 0 Å². The van der Waals surface area contributed by atoms with Gasteiger partial charge in [0.05, 0.1) is 6.26 Å². The fourth-order valence-electron chi connectivity index (χ4n) is 3.06. The number of sulfonamides is 1. The van der Waals surface area contributed by atoms with Crippen molar-refractivity contribution in [2.24, 2.45) is 0 Å². The molecular formula is C14H17NO6S. The number of rotatable bonds is 5. The van der Waals surface area contributed by atoms with Gasteiger partial charge in [-0.3, -0.25) is 0 Å². The first-order valence-electron chi connectivity index (χ1n) is 7.01. The Labute approximate surface area is 128 Å². The molecule has 1 heterocycles. The Morgan fingerprint density at radius 2 is 2.23 bits per heavy atom. The van der Waals surface area contributed by atoms with Crippen LogP contribution >= 0.6 is 0 Å². The molecule has 7 nitrogen and oxygen atoms in total. The standard InChI is InChI=1S/C14H17NO6S/c1-22(18,19)15-13(14(16)17)21-11-7-3-5-9-8-4-2-6-10(8)20-12(9)11/h3,5,7-8,10,13,15H,2,4,6H2,1H3,(H,16,17). The van der Waals surface area contributed by atoms with Crippen molar-refractivity contribution in [1.29, 1.82) is 0 Å². The normalized spacial score (nSPS) is 24.2. The molecule has 0 radical (unpaired) electrons. The molecular weight excluding hydrogens is 310 g/mol. The van der Waals surface area contributed by atoms with E-state index >= 15 is 0 Å². The zero-order valence-electron chi connectivity index (χ0n) is 12.0. The third kappa shape index (κ3) is 2.89. The first-order valence-corrected chi connectivity index (χ1v) is 8.90. The summed E-state index contributed by atoms with van der Waals surface area (Å²) in [6.07, 6.45) is 2.39. The van der Waals surface area contributed by atoms with Crippen LogP contribution in [0.1, 0.15) is 30.7 Å². The number of aliphatic carboxylic acids is 1. The smallest absolute Gasteiger partial charge is 0.361 e. The van der Waals surface area contributed by atoms with Gasteiger partial charge in [0.1, 0.15) is 6.10 Å². The molecule has 0 amide bonds. The quantitative estimate of drug-likeness (QED) is 0.784. The number of carboxylic acids is 1. The molecule has 1 saturated carbocycles. The van der Waals surface area contributed by atoms with Crippen molar-refractivity contribution in [3.8, 4) is 11.5 Å². The summed E-state index contributed by atoms with van der Waals surface area (Å²) in [5.41, 5.74) is 1.00. The maximum absolute atomic E-state index is 11.2. The third-order valence-electron chi connectivity index (χ3n) is 3.92. The minimum absolute atomic E-state index is 0.103. The fraction of sp³-hybridized carbons (Fsp3) is 0.500. The molecule has 3 rings (SSSR count). The van der Waals surface area contributed by atoms with Gasteiger partial charge in [0.2, 0.25) is 10.0 Å². The van der Waals surface area contributed by atoms with Gasteiger partial charge in [0.25, 0.3) is 6.23 Å². The SMILES string of the molecule is CS(=O)(=O)NC(Oc1cccc2c1OC1CCCC21)C(=O)O. The van der Waals surface area contributed by atoms with E-state index in [1.54, 1.807) is 12.1 Å². The minimum Gasteiger partial charge on any atom is -0.486 e. The lowest BCUT2D eigenvalue weighted by molar-refractivity contribution is -0.145. The average Bonchev–Trinajstić information content (AvgIpc) is 2.97. The molecule has 2 N–H and O–H groups in total. The number of benzene rings is 1. The zero-order valence-corrected chi connectivity index (χ0v) is 12.8. The van der Waals surface area contributed by atoms with Gasteiger partial charge in [0.15, 0.2) is 11.5 Å². The summed E-state index contributed by atoms with van der Waals surface area (Å²) >= 11 is 0. The molecule has 1 aromatic carbocycles. The Hall–Kier alpha value is -1.80. The largest absolute Gasteiger partial charge is 0.486 e. The molecule has 22 heavy (non-hydrogen) atoms. The summed E-state index contributed by atoms with van der Waals surface area (Å²) in [5, 5.41) is 9.11. The third-order valence-corrected chi connectivity index (χ3v) is 4.56. The van der Waals surface area contributed by atoms with Crippen LogP contribution in [0, 0.1) is 0 Å². The van der Waals surface area contributed by atoms with Crippen LogP contribution in [0.15, 0.2) is 18.2 Å². The topological polar surface area (TPSA) is 102 Å². The van der Waals surface area contributed by atoms with Crippen LogP contribution in [-0.4, -0.2) is 38.1 Å². The monoisotopic (exact) mass is 327 g/mol. The molecule has 1 aliphatic carbocycles. The van der Waals surface area contributed by atoms with E-state index in [0.717, 1.165) is 31.1 Å². The molecule has 0 bridgehead atoms. The highest BCUT2D eigenvalue weighted by Gasteiger charge is 2.40. The lowest BCUT2D eigenvalue weighted by atomic mass is 9.97. The van der Waals surface area contributed by atoms with E-state index < -0.39 is 22.2 Å². The first kappa shape index (κ1) is 15.1. The first-order chi connectivity index (χ1) is 10.3. The van der Waals surface area contributed by atoms with Crippen LogP contribution in [0.3, 0.4) is 0 Å². The maximum Gasteiger partial charge on any atom is 0.361 e. The summed E-state index contributed by atoms with van der Waals surface area (Å²) in [7, 11) is -3.71. The molecule has 2 aliphatic rings. The molecule has 120 valence electrons. The van der Waals surface area contributed by atoms with Gasteiger partial charge in [-0.05, 0) is 25.3 Å². The zero-order chi connectivity index (χ0) is 15.9. The molecule has 0 aromatic heterocycles. The summed E-state index contributed by atoms with van der Waals surface area (Å²) in [6, 6.07) is 5.29. The van der Waals surface area contributed by atoms with Gasteiger partial charge in [-0.1, -0.05) is 12.1 Å². The van der Waals surface area contributed by atoms with Crippen molar-refractivity contribution >= 4 is 16.0 Å². The van der Waals surface area contributed by atoms with Crippen molar-refractivity contribution in [2.75, 3.05) is 6.26 Å². The van der Waals surface area contributed by atoms with E-state index in [2.05, 4.69) is 0 Å². The highest BCUT2D eigenvalue weighted by Crippen LogP contribution is 2.50. The van der Waals surface area contributed by atoms with Crippen molar-refractivity contribution in [3.63, 3.8) is 0 Å². The molecule has 8 heteroatoms. The predicted molar refractivity (Wildman–Crippen MR) is 77.5 cm³/mol. The molecule has 1 fully saturated rings. The predicted octanol–water partition coefficient (Wildman–Crippen LogP) is 1.05. The number of nitrogens with one attached hydrogen (secondary N) is 1. The lowest BCUT2D eigenvalue weighted by Gasteiger charge is -2.17. The maximum atomic E-state index is 11.2. The second kappa shape index (κ2) is 5.44. The molecule has 0 saturated heterocycles. The highest BCUT2D eigenvalue weighted by atomic mass is 32.2. The van der Waals surface area contributed by atoms with Crippen LogP contribution in [0.25, 0.3) is 0 Å². The van der Waals surface area contributed by atoms with Gasteiger partial charge >= 0.3 is 5.97 Å². The number of fused-ring (bicyclic) bond motifs is 3. The molecule has 1 aromatic rings. The Bertz CT molecular complexity index is 701. The molecule has 0 spiro atoms. The minimum atomic E-state index is -3.71. The summed E-state index contributed by atoms with van der Waals surface area (Å²) in [5.74, 6) is -0.333. The lowest BCUT2D eigenvalue weighted by Crippen LogP contribution is -2.44. The number of hydrogen-bond donors (Lipinski definition) is 2. The van der Waals surface area contributed by atoms with Crippen molar-refractivity contribution in [1.82, 2.24) is 4.72 Å². The van der Waals surface area contributed by atoms with Crippen molar-refractivity contribution in [2.45, 2.75) is 37.5 Å². The number of hydrogen-bond acceptors (Lipinski definition) is 5.